The maximum absolute atomic E-state index is 13.3. The van der Waals surface area contributed by atoms with Crippen molar-refractivity contribution in [1.29, 1.82) is 5.26 Å². The summed E-state index contributed by atoms with van der Waals surface area (Å²) in [4.78, 5) is 17.8. The predicted molar refractivity (Wildman–Crippen MR) is 124 cm³/mol. The number of carbonyl (C=O) groups excluding carboxylic acids is 1. The van der Waals surface area contributed by atoms with Crippen LogP contribution in [0.5, 0.6) is 5.75 Å². The van der Waals surface area contributed by atoms with Gasteiger partial charge in [0.2, 0.25) is 0 Å². The Morgan fingerprint density at radius 1 is 1.30 bits per heavy atom. The van der Waals surface area contributed by atoms with Crippen molar-refractivity contribution in [2.24, 2.45) is 12.0 Å². The molecule has 1 aliphatic rings. The number of aromatic nitrogens is 2. The van der Waals surface area contributed by atoms with E-state index in [0.29, 0.717) is 17.6 Å². The molecule has 0 unspecified atom stereocenters. The molecule has 178 valence electrons. The van der Waals surface area contributed by atoms with Gasteiger partial charge in [-0.2, -0.15) is 10.3 Å². The number of carbonyl (C=O) groups is 1. The largest absolute Gasteiger partial charge is 0.490 e. The molecule has 33 heavy (non-hydrogen) atoms. The minimum absolute atomic E-state index is 0.00227. The highest BCUT2D eigenvalue weighted by Crippen LogP contribution is 2.24. The maximum atomic E-state index is 13.3. The van der Waals surface area contributed by atoms with Gasteiger partial charge in [-0.1, -0.05) is 20.8 Å². The van der Waals surface area contributed by atoms with Crippen LogP contribution in [0.15, 0.2) is 29.3 Å². The number of amides is 1. The lowest BCUT2D eigenvalue weighted by Gasteiger charge is -2.21. The molecule has 8 heteroatoms. The first kappa shape index (κ1) is 24.7. The van der Waals surface area contributed by atoms with Gasteiger partial charge < -0.3 is 14.6 Å². The van der Waals surface area contributed by atoms with Gasteiger partial charge in [-0.25, -0.2) is 0 Å². The average Bonchev–Trinajstić information content (AvgIpc) is 3.35. The molecule has 2 heterocycles. The van der Waals surface area contributed by atoms with Crippen molar-refractivity contribution in [2.75, 3.05) is 13.2 Å². The van der Waals surface area contributed by atoms with Crippen molar-refractivity contribution in [3.05, 3.63) is 46.6 Å². The molecule has 3 rings (SSSR count). The topological polar surface area (TPSA) is 102 Å². The summed E-state index contributed by atoms with van der Waals surface area (Å²) in [5.74, 6) is -0.229. The molecule has 1 aromatic carbocycles. The number of nitrogens with zero attached hydrogens (tertiary/aromatic N) is 4. The number of aliphatic hydroxyl groups is 1. The Morgan fingerprint density at radius 2 is 2.03 bits per heavy atom. The van der Waals surface area contributed by atoms with Crippen molar-refractivity contribution in [3.63, 3.8) is 0 Å². The fourth-order valence-electron chi connectivity index (χ4n) is 3.87. The number of nitriles is 1. The van der Waals surface area contributed by atoms with Crippen LogP contribution in [0.4, 0.5) is 0 Å². The lowest BCUT2D eigenvalue weighted by atomic mass is 9.92. The molecular weight excluding hydrogens is 420 g/mol. The number of hydrogen-bond donors (Lipinski definition) is 1. The Labute approximate surface area is 195 Å². The third-order valence-electron chi connectivity index (χ3n) is 5.55. The summed E-state index contributed by atoms with van der Waals surface area (Å²) < 4.78 is 15.5. The molecule has 0 radical (unpaired) electrons. The van der Waals surface area contributed by atoms with Gasteiger partial charge in [-0.05, 0) is 44.9 Å². The first-order valence-corrected chi connectivity index (χ1v) is 11.3. The van der Waals surface area contributed by atoms with Crippen LogP contribution in [0.1, 0.15) is 69.1 Å². The van der Waals surface area contributed by atoms with Crippen molar-refractivity contribution in [1.82, 2.24) is 9.36 Å². The molecule has 8 nitrogen and oxygen atoms in total. The molecule has 0 bridgehead atoms. The quantitative estimate of drug-likeness (QED) is 0.723. The highest BCUT2D eigenvalue weighted by atomic mass is 16.5. The third-order valence-corrected chi connectivity index (χ3v) is 5.55. The summed E-state index contributed by atoms with van der Waals surface area (Å²) in [7, 11) is 1.97. The van der Waals surface area contributed by atoms with E-state index in [1.54, 1.807) is 26.0 Å². The lowest BCUT2D eigenvalue weighted by Crippen LogP contribution is -2.30. The molecule has 1 amide bonds. The van der Waals surface area contributed by atoms with Gasteiger partial charge in [0.25, 0.3) is 5.91 Å². The summed E-state index contributed by atoms with van der Waals surface area (Å²) in [6.07, 6.45) is 2.07. The van der Waals surface area contributed by atoms with Crippen LogP contribution in [0.25, 0.3) is 0 Å². The zero-order valence-corrected chi connectivity index (χ0v) is 20.4. The first-order valence-electron chi connectivity index (χ1n) is 11.3. The SMILES string of the molecule is Cn1c(C(C)(C)C)c/c(=N\C(=O)c2cc(C#N)ccc2OCC(C)(C)O)n1C[C@H]1CCCO1. The van der Waals surface area contributed by atoms with E-state index in [9.17, 15) is 15.2 Å². The summed E-state index contributed by atoms with van der Waals surface area (Å²) in [5.41, 5.74) is 0.862. The van der Waals surface area contributed by atoms with Gasteiger partial charge in [0.05, 0.1) is 35.4 Å². The van der Waals surface area contributed by atoms with Crippen LogP contribution in [0, 0.1) is 11.3 Å². The number of benzene rings is 1. The molecule has 1 fully saturated rings. The summed E-state index contributed by atoms with van der Waals surface area (Å²) in [6.45, 7) is 10.9. The molecule has 1 aliphatic heterocycles. The Hall–Kier alpha value is -2.89. The summed E-state index contributed by atoms with van der Waals surface area (Å²) in [6, 6.07) is 8.60. The summed E-state index contributed by atoms with van der Waals surface area (Å²) >= 11 is 0. The number of rotatable bonds is 6. The van der Waals surface area contributed by atoms with Gasteiger partial charge in [-0.3, -0.25) is 14.2 Å². The minimum atomic E-state index is -1.07. The Morgan fingerprint density at radius 3 is 2.61 bits per heavy atom. The molecule has 1 saturated heterocycles. The molecule has 1 N–H and O–H groups in total. The molecule has 2 aromatic rings. The van der Waals surface area contributed by atoms with E-state index in [-0.39, 0.29) is 29.4 Å². The average molecular weight is 455 g/mol. The van der Waals surface area contributed by atoms with E-state index in [0.717, 1.165) is 25.1 Å². The molecule has 0 aliphatic carbocycles. The van der Waals surface area contributed by atoms with Crippen molar-refractivity contribution >= 4 is 5.91 Å². The zero-order chi connectivity index (χ0) is 24.4. The Balaban J connectivity index is 2.07. The lowest BCUT2D eigenvalue weighted by molar-refractivity contribution is 0.0281. The smallest absolute Gasteiger partial charge is 0.282 e. The van der Waals surface area contributed by atoms with Gasteiger partial charge in [-0.15, -0.1) is 0 Å². The monoisotopic (exact) mass is 454 g/mol. The predicted octanol–water partition coefficient (Wildman–Crippen LogP) is 3.07. The normalized spacial score (nSPS) is 17.3. The Bertz CT molecular complexity index is 1120. The van der Waals surface area contributed by atoms with Gasteiger partial charge in [0, 0.05) is 30.8 Å². The fourth-order valence-corrected chi connectivity index (χ4v) is 3.87. The van der Waals surface area contributed by atoms with Gasteiger partial charge in [0.15, 0.2) is 5.49 Å². The van der Waals surface area contributed by atoms with E-state index in [2.05, 4.69) is 31.8 Å². The molecule has 0 saturated carbocycles. The van der Waals surface area contributed by atoms with E-state index >= 15 is 0 Å². The summed E-state index contributed by atoms with van der Waals surface area (Å²) in [5, 5.41) is 19.3. The van der Waals surface area contributed by atoms with E-state index in [1.165, 1.54) is 6.07 Å². The fraction of sp³-hybridized carbons (Fsp3) is 0.560. The van der Waals surface area contributed by atoms with Gasteiger partial charge in [0.1, 0.15) is 12.4 Å². The zero-order valence-electron chi connectivity index (χ0n) is 20.4. The molecule has 0 spiro atoms. The highest BCUT2D eigenvalue weighted by molar-refractivity contribution is 5.98. The highest BCUT2D eigenvalue weighted by Gasteiger charge is 2.24. The van der Waals surface area contributed by atoms with E-state index in [4.69, 9.17) is 9.47 Å². The Kier molecular flexibility index (Phi) is 7.15. The van der Waals surface area contributed by atoms with E-state index in [1.807, 2.05) is 22.5 Å². The van der Waals surface area contributed by atoms with E-state index < -0.39 is 11.5 Å². The van der Waals surface area contributed by atoms with Crippen LogP contribution < -0.4 is 10.2 Å². The van der Waals surface area contributed by atoms with Crippen LogP contribution in [-0.4, -0.2) is 45.3 Å². The van der Waals surface area contributed by atoms with Crippen molar-refractivity contribution in [3.8, 4) is 11.8 Å². The third kappa shape index (κ3) is 6.12. The minimum Gasteiger partial charge on any atom is -0.490 e. The molecule has 1 atom stereocenters. The first-order chi connectivity index (χ1) is 15.4. The standard InChI is InChI=1S/C25H34N4O4/c1-24(2,3)21-13-22(29(28(21)6)15-18-8-7-11-32-18)27-23(30)19-12-17(14-26)9-10-20(19)33-16-25(4,5)31/h9-10,12-13,18,31H,7-8,11,15-16H2,1-6H3/b27-22+/t18-/m1/s1. The van der Waals surface area contributed by atoms with Gasteiger partial charge >= 0.3 is 0 Å². The second kappa shape index (κ2) is 9.54. The van der Waals surface area contributed by atoms with Crippen LogP contribution in [-0.2, 0) is 23.7 Å². The number of ether oxygens (including phenoxy) is 2. The van der Waals surface area contributed by atoms with Crippen molar-refractivity contribution in [2.45, 2.75) is 71.1 Å². The van der Waals surface area contributed by atoms with Crippen molar-refractivity contribution < 1.29 is 19.4 Å². The van der Waals surface area contributed by atoms with Crippen LogP contribution in [0.3, 0.4) is 0 Å². The number of hydrogen-bond acceptors (Lipinski definition) is 5. The second-order valence-electron chi connectivity index (χ2n) is 10.2. The maximum Gasteiger partial charge on any atom is 0.282 e. The van der Waals surface area contributed by atoms with Crippen LogP contribution >= 0.6 is 0 Å². The molecule has 1 aromatic heterocycles. The van der Waals surface area contributed by atoms with Crippen LogP contribution in [0.2, 0.25) is 0 Å². The second-order valence-corrected chi connectivity index (χ2v) is 10.2. The molecular formula is C25H34N4O4.